The van der Waals surface area contributed by atoms with E-state index in [9.17, 15) is 0 Å². The summed E-state index contributed by atoms with van der Waals surface area (Å²) in [7, 11) is 0. The first-order valence-electron chi connectivity index (χ1n) is 6.56. The molecule has 5 heteroatoms. The minimum Gasteiger partial charge on any atom is -0.355 e. The Hall–Kier alpha value is -0.420. The van der Waals surface area contributed by atoms with Gasteiger partial charge in [-0.3, -0.25) is 10.4 Å². The monoisotopic (exact) mass is 258 g/mol. The van der Waals surface area contributed by atoms with Crippen molar-refractivity contribution in [3.63, 3.8) is 0 Å². The van der Waals surface area contributed by atoms with E-state index < -0.39 is 0 Å². The maximum atomic E-state index is 5.47. The molecule has 1 rings (SSSR count). The van der Waals surface area contributed by atoms with Gasteiger partial charge in [-0.2, -0.15) is 11.8 Å². The number of nitrogens with two attached hydrogens (primary N) is 1. The van der Waals surface area contributed by atoms with E-state index in [1.807, 2.05) is 11.8 Å². The standard InChI is InChI=1S/C12H26N4S/c1-3-4-9-14-11(16-13)15-10-12(17-2)7-5-6-8-12/h3-10,13H2,1-2H3,(H2,14,15,16). The molecular weight excluding hydrogens is 232 g/mol. The van der Waals surface area contributed by atoms with Gasteiger partial charge in [-0.15, -0.1) is 0 Å². The fourth-order valence-corrected chi connectivity index (χ4v) is 3.10. The first kappa shape index (κ1) is 14.6. The van der Waals surface area contributed by atoms with Crippen molar-refractivity contribution in [1.82, 2.24) is 10.7 Å². The fraction of sp³-hybridized carbons (Fsp3) is 0.917. The van der Waals surface area contributed by atoms with Gasteiger partial charge in [0.15, 0.2) is 0 Å². The van der Waals surface area contributed by atoms with Crippen LogP contribution < -0.4 is 16.6 Å². The maximum Gasteiger partial charge on any atom is 0.205 e. The topological polar surface area (TPSA) is 62.4 Å². The van der Waals surface area contributed by atoms with Gasteiger partial charge in [-0.25, -0.2) is 5.84 Å². The molecule has 0 unspecified atom stereocenters. The normalized spacial score (nSPS) is 19.4. The van der Waals surface area contributed by atoms with Crippen LogP contribution in [0.1, 0.15) is 45.4 Å². The van der Waals surface area contributed by atoms with Crippen LogP contribution in [0.2, 0.25) is 0 Å². The number of guanidine groups is 1. The lowest BCUT2D eigenvalue weighted by atomic mass is 10.1. The molecule has 0 atom stereocenters. The second-order valence-electron chi connectivity index (χ2n) is 4.68. The number of rotatable bonds is 6. The van der Waals surface area contributed by atoms with Crippen LogP contribution in [0, 0.1) is 0 Å². The molecule has 0 saturated heterocycles. The number of thioether (sulfide) groups is 1. The van der Waals surface area contributed by atoms with Crippen molar-refractivity contribution in [3.8, 4) is 0 Å². The van der Waals surface area contributed by atoms with Crippen LogP contribution in [0.5, 0.6) is 0 Å². The molecule has 0 bridgehead atoms. The Labute approximate surface area is 109 Å². The molecule has 0 aromatic rings. The second-order valence-corrected chi connectivity index (χ2v) is 5.96. The van der Waals surface area contributed by atoms with E-state index in [1.165, 1.54) is 32.1 Å². The smallest absolute Gasteiger partial charge is 0.205 e. The zero-order valence-corrected chi connectivity index (χ0v) is 11.9. The highest BCUT2D eigenvalue weighted by atomic mass is 32.2. The molecule has 17 heavy (non-hydrogen) atoms. The Kier molecular flexibility index (Phi) is 6.73. The summed E-state index contributed by atoms with van der Waals surface area (Å²) in [6.45, 7) is 3.98. The summed E-state index contributed by atoms with van der Waals surface area (Å²) in [6, 6.07) is 0. The maximum absolute atomic E-state index is 5.47. The molecule has 1 fully saturated rings. The highest BCUT2D eigenvalue weighted by Crippen LogP contribution is 2.40. The van der Waals surface area contributed by atoms with Gasteiger partial charge in [0.2, 0.25) is 5.96 Å². The summed E-state index contributed by atoms with van der Waals surface area (Å²) in [5, 5.41) is 3.24. The number of aliphatic imine (C=N–C) groups is 1. The number of hydrazine groups is 1. The average molecular weight is 258 g/mol. The third kappa shape index (κ3) is 4.76. The quantitative estimate of drug-likeness (QED) is 0.224. The van der Waals surface area contributed by atoms with Gasteiger partial charge in [0.1, 0.15) is 0 Å². The summed E-state index contributed by atoms with van der Waals surface area (Å²) < 4.78 is 0.356. The number of hydrogen-bond acceptors (Lipinski definition) is 3. The van der Waals surface area contributed by atoms with E-state index >= 15 is 0 Å². The van der Waals surface area contributed by atoms with Crippen molar-refractivity contribution in [2.75, 3.05) is 19.3 Å². The highest BCUT2D eigenvalue weighted by molar-refractivity contribution is 8.00. The van der Waals surface area contributed by atoms with Gasteiger partial charge in [0.05, 0.1) is 6.54 Å². The van der Waals surface area contributed by atoms with Crippen molar-refractivity contribution in [3.05, 3.63) is 0 Å². The summed E-state index contributed by atoms with van der Waals surface area (Å²) in [4.78, 5) is 4.59. The molecule has 100 valence electrons. The molecule has 0 radical (unpaired) electrons. The van der Waals surface area contributed by atoms with Gasteiger partial charge in [-0.1, -0.05) is 26.2 Å². The van der Waals surface area contributed by atoms with Crippen molar-refractivity contribution in [1.29, 1.82) is 0 Å². The Morgan fingerprint density at radius 2 is 2.12 bits per heavy atom. The van der Waals surface area contributed by atoms with Gasteiger partial charge in [0, 0.05) is 11.3 Å². The first-order valence-corrected chi connectivity index (χ1v) is 7.79. The molecule has 1 aliphatic carbocycles. The molecule has 1 aliphatic rings. The molecule has 0 aromatic carbocycles. The molecule has 0 amide bonds. The van der Waals surface area contributed by atoms with E-state index in [4.69, 9.17) is 5.84 Å². The Bertz CT molecular complexity index is 237. The zero-order valence-electron chi connectivity index (χ0n) is 11.1. The van der Waals surface area contributed by atoms with Gasteiger partial charge >= 0.3 is 0 Å². The fourth-order valence-electron chi connectivity index (χ4n) is 2.21. The highest BCUT2D eigenvalue weighted by Gasteiger charge is 2.32. The van der Waals surface area contributed by atoms with Gasteiger partial charge < -0.3 is 5.32 Å². The lowest BCUT2D eigenvalue weighted by molar-refractivity contribution is 0.616. The van der Waals surface area contributed by atoms with Crippen molar-refractivity contribution in [2.24, 2.45) is 10.8 Å². The first-order chi connectivity index (χ1) is 8.26. The molecule has 4 N–H and O–H groups in total. The lowest BCUT2D eigenvalue weighted by Gasteiger charge is -2.24. The van der Waals surface area contributed by atoms with Crippen LogP contribution in [-0.2, 0) is 0 Å². The van der Waals surface area contributed by atoms with Crippen LogP contribution in [0.4, 0.5) is 0 Å². The van der Waals surface area contributed by atoms with E-state index in [1.54, 1.807) is 0 Å². The number of unbranched alkanes of at least 4 members (excludes halogenated alkanes) is 1. The van der Waals surface area contributed by atoms with Crippen molar-refractivity contribution >= 4 is 17.7 Å². The molecule has 1 saturated carbocycles. The van der Waals surface area contributed by atoms with E-state index in [0.29, 0.717) is 4.75 Å². The Balaban J connectivity index is 2.42. The van der Waals surface area contributed by atoms with E-state index in [-0.39, 0.29) is 0 Å². The Morgan fingerprint density at radius 3 is 2.65 bits per heavy atom. The predicted molar refractivity (Wildman–Crippen MR) is 77.2 cm³/mol. The second kappa shape index (κ2) is 7.82. The number of hydrogen-bond donors (Lipinski definition) is 3. The van der Waals surface area contributed by atoms with Crippen molar-refractivity contribution < 1.29 is 0 Å². The van der Waals surface area contributed by atoms with Gasteiger partial charge in [-0.05, 0) is 25.5 Å². The summed E-state index contributed by atoms with van der Waals surface area (Å²) >= 11 is 1.96. The molecule has 4 nitrogen and oxygen atoms in total. The molecular formula is C12H26N4S. The van der Waals surface area contributed by atoms with Crippen LogP contribution in [0.3, 0.4) is 0 Å². The van der Waals surface area contributed by atoms with Crippen LogP contribution in [0.15, 0.2) is 4.99 Å². The minimum atomic E-state index is 0.356. The van der Waals surface area contributed by atoms with E-state index in [2.05, 4.69) is 28.9 Å². The third-order valence-electron chi connectivity index (χ3n) is 3.43. The molecule has 0 heterocycles. The van der Waals surface area contributed by atoms with Crippen LogP contribution in [-0.4, -0.2) is 30.1 Å². The van der Waals surface area contributed by atoms with Crippen molar-refractivity contribution in [2.45, 2.75) is 50.2 Å². The third-order valence-corrected chi connectivity index (χ3v) is 4.84. The lowest BCUT2D eigenvalue weighted by Crippen LogP contribution is -2.43. The van der Waals surface area contributed by atoms with E-state index in [0.717, 1.165) is 25.5 Å². The molecule has 0 aliphatic heterocycles. The number of nitrogens with one attached hydrogen (secondary N) is 2. The minimum absolute atomic E-state index is 0.356. The molecule has 0 spiro atoms. The molecule has 0 aromatic heterocycles. The summed E-state index contributed by atoms with van der Waals surface area (Å²) in [6.07, 6.45) is 9.76. The predicted octanol–water partition coefficient (Wildman–Crippen LogP) is 1.87. The van der Waals surface area contributed by atoms with Gasteiger partial charge in [0.25, 0.3) is 0 Å². The number of nitrogens with zero attached hydrogens (tertiary/aromatic N) is 1. The zero-order chi connectivity index (χ0) is 12.6. The van der Waals surface area contributed by atoms with Crippen LogP contribution in [0.25, 0.3) is 0 Å². The Morgan fingerprint density at radius 1 is 1.41 bits per heavy atom. The van der Waals surface area contributed by atoms with Crippen LogP contribution >= 0.6 is 11.8 Å². The summed E-state index contributed by atoms with van der Waals surface area (Å²) in [5.41, 5.74) is 2.66. The summed E-state index contributed by atoms with van der Waals surface area (Å²) in [5.74, 6) is 6.21. The SMILES string of the molecule is CCCCNC(=NCC1(SC)CCCC1)NN. The largest absolute Gasteiger partial charge is 0.355 e. The average Bonchev–Trinajstić information content (AvgIpc) is 2.83.